The largest absolute Gasteiger partial charge is 0.412 e. The maximum atomic E-state index is 3.96. The van der Waals surface area contributed by atoms with Gasteiger partial charge >= 0.3 is 0 Å². The minimum atomic E-state index is 0. The Kier molecular flexibility index (Phi) is 39.1. The fourth-order valence-electron chi connectivity index (χ4n) is 2.10. The molecule has 0 saturated carbocycles. The molecule has 1 rings (SSSR count). The van der Waals surface area contributed by atoms with E-state index in [1.807, 2.05) is 27.7 Å². The van der Waals surface area contributed by atoms with Crippen molar-refractivity contribution in [1.82, 2.24) is 0 Å². The molecular weight excluding hydrogens is 316 g/mol. The molecule has 0 aromatic heterocycles. The van der Waals surface area contributed by atoms with E-state index in [2.05, 4.69) is 73.4 Å². The number of allylic oxidation sites excluding steroid dienone is 1. The molecule has 0 aliphatic carbocycles. The minimum absolute atomic E-state index is 0. The van der Waals surface area contributed by atoms with Gasteiger partial charge in [0.1, 0.15) is 0 Å². The van der Waals surface area contributed by atoms with Gasteiger partial charge in [-0.3, -0.25) is 0 Å². The summed E-state index contributed by atoms with van der Waals surface area (Å²) in [6, 6.07) is 4.44. The first-order chi connectivity index (χ1) is 11.9. The highest BCUT2D eigenvalue weighted by atomic mass is 16.0. The van der Waals surface area contributed by atoms with Crippen LogP contribution in [0.15, 0.2) is 31.9 Å². The molecule has 0 bridgehead atoms. The average Bonchev–Trinajstić information content (AvgIpc) is 2.64. The lowest BCUT2D eigenvalue weighted by Gasteiger charge is -2.08. The molecule has 0 atom stereocenters. The first-order valence-electron chi connectivity index (χ1n) is 10.2. The Hall–Kier alpha value is -1.34. The molecule has 0 spiro atoms. The molecule has 0 aliphatic rings. The van der Waals surface area contributed by atoms with E-state index in [0.717, 1.165) is 5.57 Å². The Labute approximate surface area is 166 Å². The van der Waals surface area contributed by atoms with Crippen LogP contribution in [0.3, 0.4) is 0 Å². The topological polar surface area (TPSA) is 31.5 Å². The predicted molar refractivity (Wildman–Crippen MR) is 127 cm³/mol. The second kappa shape index (κ2) is 28.5. The second-order valence-corrected chi connectivity index (χ2v) is 5.59. The maximum absolute atomic E-state index is 3.96. The van der Waals surface area contributed by atoms with Gasteiger partial charge in [0.15, 0.2) is 0 Å². The number of hydrogen-bond donors (Lipinski definition) is 0. The Morgan fingerprint density at radius 3 is 1.38 bits per heavy atom. The van der Waals surface area contributed by atoms with Gasteiger partial charge in [0.05, 0.1) is 0 Å². The highest BCUT2D eigenvalue weighted by Gasteiger charge is 2.01. The van der Waals surface area contributed by atoms with Gasteiger partial charge in [-0.15, -0.1) is 13.2 Å². The molecule has 0 saturated heterocycles. The van der Waals surface area contributed by atoms with Crippen LogP contribution in [0.2, 0.25) is 0 Å². The molecule has 0 amide bonds. The predicted octanol–water partition coefficient (Wildman–Crippen LogP) is 8.65. The van der Waals surface area contributed by atoms with Crippen molar-refractivity contribution in [1.29, 1.82) is 0 Å². The third kappa shape index (κ3) is 20.7. The molecule has 2 N–H and O–H groups in total. The molecule has 0 unspecified atom stereocenters. The zero-order chi connectivity index (χ0) is 20.8. The van der Waals surface area contributed by atoms with E-state index in [9.17, 15) is 0 Å². The molecule has 156 valence electrons. The fourth-order valence-corrected chi connectivity index (χ4v) is 2.10. The summed E-state index contributed by atoms with van der Waals surface area (Å²) >= 11 is 0. The molecule has 1 nitrogen and oxygen atoms in total. The summed E-state index contributed by atoms with van der Waals surface area (Å²) in [4.78, 5) is 0. The molecule has 0 heterocycles. The van der Waals surface area contributed by atoms with Crippen LogP contribution < -0.4 is 0 Å². The van der Waals surface area contributed by atoms with Crippen molar-refractivity contribution >= 4 is 5.57 Å². The third-order valence-corrected chi connectivity index (χ3v) is 3.51. The zero-order valence-electron chi connectivity index (χ0n) is 19.8. The first kappa shape index (κ1) is 35.7. The van der Waals surface area contributed by atoms with Gasteiger partial charge in [0.25, 0.3) is 0 Å². The van der Waals surface area contributed by atoms with Gasteiger partial charge in [0, 0.05) is 0 Å². The molecule has 26 heavy (non-hydrogen) atoms. The molecule has 1 aromatic rings. The zero-order valence-corrected chi connectivity index (χ0v) is 19.8. The van der Waals surface area contributed by atoms with Crippen LogP contribution in [0.25, 0.3) is 5.57 Å². The van der Waals surface area contributed by atoms with Crippen LogP contribution in [-0.2, 0) is 0 Å². The monoisotopic (exact) mass is 366 g/mol. The standard InChI is InChI=1S/C12H16.C7H16.2C2H6.C2H4.H2O/c1-8(2)12-7-10(4)9(3)6-11(12)5;1-3-5-7-6-4-2;3*1-2;/h6-7H,1H2,2-5H3;3-7H2,1-2H3;2*1-2H3;1-2H2;1H2. The lowest BCUT2D eigenvalue weighted by molar-refractivity contribution is 0.656. The summed E-state index contributed by atoms with van der Waals surface area (Å²) in [6.07, 6.45) is 7.01. The SMILES string of the molecule is C=C.C=C(C)c1cc(C)c(C)cc1C.CC.CC.CCCCCCC.O. The summed E-state index contributed by atoms with van der Waals surface area (Å²) in [5, 5.41) is 0. The Morgan fingerprint density at radius 1 is 0.731 bits per heavy atom. The summed E-state index contributed by atoms with van der Waals surface area (Å²) < 4.78 is 0. The van der Waals surface area contributed by atoms with Gasteiger partial charge < -0.3 is 5.48 Å². The Bertz CT molecular complexity index is 401. The minimum Gasteiger partial charge on any atom is -0.412 e. The average molecular weight is 367 g/mol. The van der Waals surface area contributed by atoms with Gasteiger partial charge in [0.2, 0.25) is 0 Å². The van der Waals surface area contributed by atoms with E-state index in [-0.39, 0.29) is 5.48 Å². The number of aryl methyl sites for hydroxylation is 3. The number of hydrogen-bond acceptors (Lipinski definition) is 0. The van der Waals surface area contributed by atoms with Crippen molar-refractivity contribution in [2.45, 2.75) is 101 Å². The number of unbranched alkanes of at least 4 members (excludes halogenated alkanes) is 4. The molecule has 0 aliphatic heterocycles. The smallest absolute Gasteiger partial charge is 0.0201 e. The normalized spacial score (nSPS) is 7.77. The number of rotatable bonds is 5. The van der Waals surface area contributed by atoms with Crippen LogP contribution in [0.1, 0.15) is 103 Å². The van der Waals surface area contributed by atoms with Gasteiger partial charge in [-0.05, 0) is 49.9 Å². The van der Waals surface area contributed by atoms with Crippen LogP contribution in [-0.4, -0.2) is 5.48 Å². The maximum Gasteiger partial charge on any atom is -0.0201 e. The van der Waals surface area contributed by atoms with Crippen molar-refractivity contribution < 1.29 is 5.48 Å². The lowest BCUT2D eigenvalue weighted by atomic mass is 9.97. The van der Waals surface area contributed by atoms with Crippen LogP contribution in [0.5, 0.6) is 0 Å². The summed E-state index contributed by atoms with van der Waals surface area (Å²) in [7, 11) is 0. The van der Waals surface area contributed by atoms with E-state index < -0.39 is 0 Å². The highest BCUT2D eigenvalue weighted by molar-refractivity contribution is 5.65. The van der Waals surface area contributed by atoms with Crippen LogP contribution >= 0.6 is 0 Å². The fraction of sp³-hybridized carbons (Fsp3) is 0.600. The van der Waals surface area contributed by atoms with E-state index in [4.69, 9.17) is 0 Å². The van der Waals surface area contributed by atoms with E-state index >= 15 is 0 Å². The summed E-state index contributed by atoms with van der Waals surface area (Å²) in [5.74, 6) is 0. The third-order valence-electron chi connectivity index (χ3n) is 3.51. The van der Waals surface area contributed by atoms with Crippen molar-refractivity contribution in [3.8, 4) is 0 Å². The first-order valence-corrected chi connectivity index (χ1v) is 10.2. The van der Waals surface area contributed by atoms with E-state index in [0.29, 0.717) is 0 Å². The van der Waals surface area contributed by atoms with Crippen molar-refractivity contribution in [3.63, 3.8) is 0 Å². The molecular formula is C25H50O. The molecule has 0 fully saturated rings. The van der Waals surface area contributed by atoms with Crippen LogP contribution in [0, 0.1) is 20.8 Å². The highest BCUT2D eigenvalue weighted by Crippen LogP contribution is 2.20. The molecule has 1 heteroatoms. The summed E-state index contributed by atoms with van der Waals surface area (Å²) in [6.45, 7) is 30.9. The van der Waals surface area contributed by atoms with Crippen LogP contribution in [0.4, 0.5) is 0 Å². The van der Waals surface area contributed by atoms with Crippen molar-refractivity contribution in [2.24, 2.45) is 0 Å². The van der Waals surface area contributed by atoms with Gasteiger partial charge in [-0.25, -0.2) is 0 Å². The van der Waals surface area contributed by atoms with E-state index in [1.165, 1.54) is 54.4 Å². The van der Waals surface area contributed by atoms with Gasteiger partial charge in [-0.1, -0.05) is 97.9 Å². The van der Waals surface area contributed by atoms with Gasteiger partial charge in [-0.2, -0.15) is 0 Å². The van der Waals surface area contributed by atoms with Crippen molar-refractivity contribution in [3.05, 3.63) is 54.1 Å². The van der Waals surface area contributed by atoms with Crippen molar-refractivity contribution in [2.75, 3.05) is 0 Å². The summed E-state index contributed by atoms with van der Waals surface area (Å²) in [5.41, 5.74) is 6.47. The quantitative estimate of drug-likeness (QED) is 0.369. The number of benzene rings is 1. The lowest BCUT2D eigenvalue weighted by Crippen LogP contribution is -1.89. The second-order valence-electron chi connectivity index (χ2n) is 5.59. The molecule has 0 radical (unpaired) electrons. The molecule has 1 aromatic carbocycles. The van der Waals surface area contributed by atoms with E-state index in [1.54, 1.807) is 0 Å². The Morgan fingerprint density at radius 2 is 1.08 bits per heavy atom. The Balaban J connectivity index is -0.0000000909.